The van der Waals surface area contributed by atoms with Crippen molar-refractivity contribution in [3.8, 4) is 0 Å². The number of likely N-dealkylation sites (tertiary alicyclic amines) is 1. The minimum Gasteiger partial charge on any atom is -0.355 e. The smallest absolute Gasteiger partial charge is 0.191 e. The molecule has 0 aliphatic carbocycles. The maximum atomic E-state index is 4.31. The van der Waals surface area contributed by atoms with E-state index in [1.807, 2.05) is 7.05 Å². The van der Waals surface area contributed by atoms with Crippen LogP contribution in [0.4, 0.5) is 0 Å². The number of nitrogens with one attached hydrogen (secondary N) is 2. The van der Waals surface area contributed by atoms with Gasteiger partial charge in [0.25, 0.3) is 0 Å². The molecule has 22 heavy (non-hydrogen) atoms. The molecule has 0 spiro atoms. The lowest BCUT2D eigenvalue weighted by Gasteiger charge is -2.35. The van der Waals surface area contributed by atoms with Gasteiger partial charge in [0.2, 0.25) is 0 Å². The fourth-order valence-electron chi connectivity index (χ4n) is 3.28. The molecule has 2 atom stereocenters. The Bertz CT molecular complexity index is 473. The van der Waals surface area contributed by atoms with E-state index in [1.54, 1.807) is 11.3 Å². The summed E-state index contributed by atoms with van der Waals surface area (Å²) in [7, 11) is 1.83. The first-order valence-corrected chi connectivity index (χ1v) is 9.16. The summed E-state index contributed by atoms with van der Waals surface area (Å²) in [5.41, 5.74) is 1.35. The first-order chi connectivity index (χ1) is 10.6. The van der Waals surface area contributed by atoms with Gasteiger partial charge in [-0.2, -0.15) is 0 Å². The highest BCUT2D eigenvalue weighted by atomic mass is 32.1. The van der Waals surface area contributed by atoms with Gasteiger partial charge < -0.3 is 15.5 Å². The summed E-state index contributed by atoms with van der Waals surface area (Å²) in [5, 5.41) is 8.97. The van der Waals surface area contributed by atoms with Crippen molar-refractivity contribution in [1.82, 2.24) is 15.5 Å². The van der Waals surface area contributed by atoms with Crippen molar-refractivity contribution in [2.45, 2.75) is 33.7 Å². The highest BCUT2D eigenvalue weighted by Gasteiger charge is 2.21. The van der Waals surface area contributed by atoms with E-state index in [1.165, 1.54) is 30.0 Å². The number of hydrogen-bond donors (Lipinski definition) is 2. The molecule has 2 unspecified atom stereocenters. The van der Waals surface area contributed by atoms with Crippen LogP contribution in [-0.4, -0.2) is 44.1 Å². The van der Waals surface area contributed by atoms with Crippen LogP contribution in [0.25, 0.3) is 0 Å². The molecule has 2 rings (SSSR count). The molecule has 0 amide bonds. The van der Waals surface area contributed by atoms with Gasteiger partial charge in [-0.05, 0) is 42.2 Å². The van der Waals surface area contributed by atoms with Crippen LogP contribution in [0.15, 0.2) is 16.4 Å². The monoisotopic (exact) mass is 322 g/mol. The molecule has 1 aliphatic heterocycles. The molecule has 0 aromatic carbocycles. The fraction of sp³-hybridized carbons (Fsp3) is 0.706. The van der Waals surface area contributed by atoms with E-state index in [4.69, 9.17) is 0 Å². The topological polar surface area (TPSA) is 39.7 Å². The molecule has 1 aromatic rings. The van der Waals surface area contributed by atoms with E-state index >= 15 is 0 Å². The fourth-order valence-corrected chi connectivity index (χ4v) is 4.12. The van der Waals surface area contributed by atoms with Crippen molar-refractivity contribution >= 4 is 17.3 Å². The molecule has 4 nitrogen and oxygen atoms in total. The van der Waals surface area contributed by atoms with Crippen LogP contribution in [0.2, 0.25) is 0 Å². The summed E-state index contributed by atoms with van der Waals surface area (Å²) in [6.07, 6.45) is 1.37. The van der Waals surface area contributed by atoms with E-state index < -0.39 is 0 Å². The molecule has 124 valence electrons. The molecule has 0 saturated carbocycles. The molecule has 0 bridgehead atoms. The molecule has 1 aliphatic rings. The molecule has 5 heteroatoms. The number of guanidine groups is 1. The van der Waals surface area contributed by atoms with Gasteiger partial charge in [0.15, 0.2) is 5.96 Å². The zero-order chi connectivity index (χ0) is 15.9. The Morgan fingerprint density at radius 2 is 2.05 bits per heavy atom. The van der Waals surface area contributed by atoms with Crippen molar-refractivity contribution in [2.24, 2.45) is 16.8 Å². The second-order valence-corrected chi connectivity index (χ2v) is 7.59. The second-order valence-electron chi connectivity index (χ2n) is 6.58. The largest absolute Gasteiger partial charge is 0.355 e. The minimum absolute atomic E-state index is 0.822. The van der Waals surface area contributed by atoms with E-state index in [0.717, 1.165) is 37.4 Å². The highest BCUT2D eigenvalue weighted by molar-refractivity contribution is 7.10. The number of nitrogens with zero attached hydrogens (tertiary/aromatic N) is 2. The van der Waals surface area contributed by atoms with Gasteiger partial charge in [-0.3, -0.25) is 4.99 Å². The first-order valence-electron chi connectivity index (χ1n) is 8.28. The number of thiophene rings is 1. The Balaban J connectivity index is 1.69. The normalized spacial score (nSPS) is 23.5. The number of aliphatic imine (C=N–C) groups is 1. The summed E-state index contributed by atoms with van der Waals surface area (Å²) < 4.78 is 0. The van der Waals surface area contributed by atoms with Gasteiger partial charge in [-0.1, -0.05) is 13.8 Å². The third-order valence-corrected chi connectivity index (χ3v) is 5.30. The van der Waals surface area contributed by atoms with Crippen molar-refractivity contribution in [3.05, 3.63) is 21.9 Å². The molecular weight excluding hydrogens is 292 g/mol. The van der Waals surface area contributed by atoms with Crippen molar-refractivity contribution in [1.29, 1.82) is 0 Å². The molecule has 1 fully saturated rings. The van der Waals surface area contributed by atoms with Gasteiger partial charge in [0, 0.05) is 38.1 Å². The first kappa shape index (κ1) is 17.3. The minimum atomic E-state index is 0.822. The predicted octanol–water partition coefficient (Wildman–Crippen LogP) is 2.70. The average Bonchev–Trinajstić information content (AvgIpc) is 2.87. The zero-order valence-electron chi connectivity index (χ0n) is 14.4. The number of hydrogen-bond acceptors (Lipinski definition) is 3. The van der Waals surface area contributed by atoms with E-state index in [9.17, 15) is 0 Å². The molecule has 1 aromatic heterocycles. The molecular formula is C17H30N4S. The molecule has 2 N–H and O–H groups in total. The van der Waals surface area contributed by atoms with Gasteiger partial charge in [0.05, 0.1) is 6.54 Å². The second kappa shape index (κ2) is 8.53. The number of piperidine rings is 1. The maximum Gasteiger partial charge on any atom is 0.191 e. The summed E-state index contributed by atoms with van der Waals surface area (Å²) in [6, 6.07) is 2.16. The summed E-state index contributed by atoms with van der Waals surface area (Å²) in [5.74, 6) is 2.54. The van der Waals surface area contributed by atoms with Crippen LogP contribution in [0.3, 0.4) is 0 Å². The van der Waals surface area contributed by atoms with Crippen LogP contribution >= 0.6 is 11.3 Å². The molecule has 0 radical (unpaired) electrons. The SMILES string of the molecule is CN=C(NCCN1CC(C)CC(C)C1)NCc1sccc1C. The van der Waals surface area contributed by atoms with E-state index in [2.05, 4.69) is 52.7 Å². The number of aryl methyl sites for hydroxylation is 1. The van der Waals surface area contributed by atoms with Crippen molar-refractivity contribution in [2.75, 3.05) is 33.2 Å². The lowest BCUT2D eigenvalue weighted by molar-refractivity contribution is 0.143. The predicted molar refractivity (Wildman–Crippen MR) is 96.6 cm³/mol. The van der Waals surface area contributed by atoms with Gasteiger partial charge >= 0.3 is 0 Å². The van der Waals surface area contributed by atoms with Gasteiger partial charge in [-0.25, -0.2) is 0 Å². The summed E-state index contributed by atoms with van der Waals surface area (Å²) >= 11 is 1.80. The lowest BCUT2D eigenvalue weighted by Crippen LogP contribution is -2.45. The van der Waals surface area contributed by atoms with Crippen LogP contribution in [0.5, 0.6) is 0 Å². The quantitative estimate of drug-likeness (QED) is 0.647. The summed E-state index contributed by atoms with van der Waals surface area (Å²) in [4.78, 5) is 8.26. The standard InChI is InChI=1S/C17H30N4S/c1-13-9-14(2)12-21(11-13)7-6-19-17(18-4)20-10-16-15(3)5-8-22-16/h5,8,13-14H,6-7,9-12H2,1-4H3,(H2,18,19,20). The Morgan fingerprint density at radius 1 is 1.32 bits per heavy atom. The van der Waals surface area contributed by atoms with E-state index in [0.29, 0.717) is 0 Å². The van der Waals surface area contributed by atoms with Gasteiger partial charge in [0.1, 0.15) is 0 Å². The number of rotatable bonds is 5. The van der Waals surface area contributed by atoms with Gasteiger partial charge in [-0.15, -0.1) is 11.3 Å². The summed E-state index contributed by atoms with van der Waals surface area (Å²) in [6.45, 7) is 12.2. The highest BCUT2D eigenvalue weighted by Crippen LogP contribution is 2.20. The Labute approximate surface area is 139 Å². The molecule has 1 saturated heterocycles. The average molecular weight is 323 g/mol. The van der Waals surface area contributed by atoms with Crippen LogP contribution in [-0.2, 0) is 6.54 Å². The van der Waals surface area contributed by atoms with Crippen molar-refractivity contribution in [3.63, 3.8) is 0 Å². The third-order valence-electron chi connectivity index (χ3n) is 4.27. The van der Waals surface area contributed by atoms with Crippen LogP contribution in [0.1, 0.15) is 30.7 Å². The Morgan fingerprint density at radius 3 is 2.64 bits per heavy atom. The van der Waals surface area contributed by atoms with Crippen LogP contribution < -0.4 is 10.6 Å². The Kier molecular flexibility index (Phi) is 6.70. The molecule has 2 heterocycles. The maximum absolute atomic E-state index is 4.31. The van der Waals surface area contributed by atoms with E-state index in [-0.39, 0.29) is 0 Å². The zero-order valence-corrected chi connectivity index (χ0v) is 15.2. The Hall–Kier alpha value is -1.07. The third kappa shape index (κ3) is 5.29. The van der Waals surface area contributed by atoms with Crippen molar-refractivity contribution < 1.29 is 0 Å². The van der Waals surface area contributed by atoms with Crippen LogP contribution in [0, 0.1) is 18.8 Å². The lowest BCUT2D eigenvalue weighted by atomic mass is 9.92.